The molecule has 0 aromatic carbocycles. The molecule has 0 aliphatic carbocycles. The SMILES string of the molecule is CC(=O)/C(=N\O)n1cnc([N+](=O)[O-])n1. The Morgan fingerprint density at radius 1 is 1.79 bits per heavy atom. The molecular formula is C5H5N5O4. The van der Waals surface area contributed by atoms with Crippen LogP contribution in [0, 0.1) is 10.1 Å². The molecule has 0 aliphatic heterocycles. The number of rotatable bonds is 2. The van der Waals surface area contributed by atoms with E-state index in [-0.39, 0.29) is 0 Å². The maximum Gasteiger partial charge on any atom is 0.491 e. The Labute approximate surface area is 76.8 Å². The van der Waals surface area contributed by atoms with Gasteiger partial charge in [-0.2, -0.15) is 0 Å². The lowest BCUT2D eigenvalue weighted by molar-refractivity contribution is -0.394. The van der Waals surface area contributed by atoms with Crippen LogP contribution in [0.5, 0.6) is 0 Å². The highest BCUT2D eigenvalue weighted by molar-refractivity contribution is 6.38. The Morgan fingerprint density at radius 2 is 2.43 bits per heavy atom. The maximum absolute atomic E-state index is 10.8. The van der Waals surface area contributed by atoms with Gasteiger partial charge in [0.2, 0.25) is 12.1 Å². The standard InChI is InChI=1S/C5H5N5O4/c1-3(11)4(8-12)9-2-6-5(7-9)10(13)14/h2,12H,1H3/b8-4+. The molecule has 0 atom stereocenters. The van der Waals surface area contributed by atoms with Crippen molar-refractivity contribution in [1.29, 1.82) is 0 Å². The average molecular weight is 199 g/mol. The van der Waals surface area contributed by atoms with Crippen molar-refractivity contribution in [3.63, 3.8) is 0 Å². The molecule has 0 spiro atoms. The number of nitrogens with zero attached hydrogens (tertiary/aromatic N) is 5. The third kappa shape index (κ3) is 1.71. The van der Waals surface area contributed by atoms with Gasteiger partial charge in [-0.15, -0.1) is 4.68 Å². The molecule has 9 nitrogen and oxygen atoms in total. The summed E-state index contributed by atoms with van der Waals surface area (Å²) in [4.78, 5) is 23.4. The van der Waals surface area contributed by atoms with Crippen LogP contribution in [0.25, 0.3) is 0 Å². The predicted octanol–water partition coefficient (Wildman–Crippen LogP) is -0.589. The lowest BCUT2D eigenvalue weighted by Crippen LogP contribution is -2.20. The molecule has 0 aliphatic rings. The Bertz CT molecular complexity index is 408. The van der Waals surface area contributed by atoms with Crippen molar-refractivity contribution in [2.45, 2.75) is 6.92 Å². The van der Waals surface area contributed by atoms with Crippen LogP contribution in [0.3, 0.4) is 0 Å². The first kappa shape index (κ1) is 9.77. The van der Waals surface area contributed by atoms with E-state index in [4.69, 9.17) is 5.21 Å². The van der Waals surface area contributed by atoms with Crippen molar-refractivity contribution in [3.05, 3.63) is 16.4 Å². The zero-order valence-corrected chi connectivity index (χ0v) is 6.99. The Balaban J connectivity index is 3.08. The van der Waals surface area contributed by atoms with Gasteiger partial charge in [0.1, 0.15) is 0 Å². The zero-order valence-electron chi connectivity index (χ0n) is 6.99. The number of hydrogen-bond donors (Lipinski definition) is 1. The Hall–Kier alpha value is -2.32. The van der Waals surface area contributed by atoms with Crippen molar-refractivity contribution in [1.82, 2.24) is 14.8 Å². The van der Waals surface area contributed by atoms with Crippen LogP contribution in [-0.2, 0) is 4.79 Å². The molecule has 1 heterocycles. The van der Waals surface area contributed by atoms with Crippen LogP contribution in [0.15, 0.2) is 11.5 Å². The summed E-state index contributed by atoms with van der Waals surface area (Å²) in [6.07, 6.45) is 0.911. The highest BCUT2D eigenvalue weighted by atomic mass is 16.6. The molecular weight excluding hydrogens is 194 g/mol. The normalized spacial score (nSPS) is 11.4. The minimum Gasteiger partial charge on any atom is -0.409 e. The lowest BCUT2D eigenvalue weighted by atomic mass is 10.4. The largest absolute Gasteiger partial charge is 0.491 e. The topological polar surface area (TPSA) is 124 Å². The molecule has 14 heavy (non-hydrogen) atoms. The summed E-state index contributed by atoms with van der Waals surface area (Å²) in [6.45, 7) is 1.13. The van der Waals surface area contributed by atoms with Gasteiger partial charge in [0.25, 0.3) is 5.84 Å². The summed E-state index contributed by atoms with van der Waals surface area (Å²) in [5.41, 5.74) is 0. The van der Waals surface area contributed by atoms with Gasteiger partial charge in [-0.1, -0.05) is 10.1 Å². The van der Waals surface area contributed by atoms with Crippen LogP contribution in [0.4, 0.5) is 5.95 Å². The summed E-state index contributed by atoms with van der Waals surface area (Å²) >= 11 is 0. The zero-order chi connectivity index (χ0) is 10.7. The van der Waals surface area contributed by atoms with Gasteiger partial charge in [0.05, 0.1) is 0 Å². The molecule has 1 aromatic rings. The van der Waals surface area contributed by atoms with E-state index < -0.39 is 22.5 Å². The quantitative estimate of drug-likeness (QED) is 0.223. The van der Waals surface area contributed by atoms with E-state index in [1.54, 1.807) is 0 Å². The van der Waals surface area contributed by atoms with E-state index >= 15 is 0 Å². The van der Waals surface area contributed by atoms with Gasteiger partial charge in [0.15, 0.2) is 0 Å². The number of aromatic nitrogens is 3. The van der Waals surface area contributed by atoms with Crippen molar-refractivity contribution in [2.24, 2.45) is 5.16 Å². The third-order valence-corrected chi connectivity index (χ3v) is 1.27. The van der Waals surface area contributed by atoms with E-state index in [2.05, 4.69) is 15.2 Å². The van der Waals surface area contributed by atoms with Gasteiger partial charge >= 0.3 is 5.95 Å². The van der Waals surface area contributed by atoms with Gasteiger partial charge < -0.3 is 15.3 Å². The first-order valence-corrected chi connectivity index (χ1v) is 3.35. The summed E-state index contributed by atoms with van der Waals surface area (Å²) in [6, 6.07) is 0. The fourth-order valence-electron chi connectivity index (χ4n) is 0.718. The Kier molecular flexibility index (Phi) is 2.51. The molecule has 74 valence electrons. The molecule has 0 unspecified atom stereocenters. The number of ketones is 1. The second kappa shape index (κ2) is 3.60. The molecule has 1 N–H and O–H groups in total. The lowest BCUT2D eigenvalue weighted by Gasteiger charge is -1.92. The van der Waals surface area contributed by atoms with E-state index in [0.29, 0.717) is 0 Å². The Morgan fingerprint density at radius 3 is 2.79 bits per heavy atom. The van der Waals surface area contributed by atoms with Crippen molar-refractivity contribution in [3.8, 4) is 0 Å². The smallest absolute Gasteiger partial charge is 0.409 e. The summed E-state index contributed by atoms with van der Waals surface area (Å²) in [5, 5.41) is 24.5. The van der Waals surface area contributed by atoms with E-state index in [1.165, 1.54) is 0 Å². The molecule has 0 fully saturated rings. The number of carbonyl (C=O) groups is 1. The summed E-state index contributed by atoms with van der Waals surface area (Å²) < 4.78 is 0.723. The fraction of sp³-hybridized carbons (Fsp3) is 0.200. The van der Waals surface area contributed by atoms with Gasteiger partial charge in [-0.3, -0.25) is 4.79 Å². The van der Waals surface area contributed by atoms with E-state index in [9.17, 15) is 14.9 Å². The molecule has 0 bridgehead atoms. The fourth-order valence-corrected chi connectivity index (χ4v) is 0.718. The monoisotopic (exact) mass is 199 g/mol. The first-order valence-electron chi connectivity index (χ1n) is 3.35. The van der Waals surface area contributed by atoms with Crippen LogP contribution in [0.2, 0.25) is 0 Å². The number of Topliss-reactive ketones (excluding diaryl/α,β-unsaturated/α-hetero) is 1. The minimum absolute atomic E-state index is 0.439. The first-order chi connectivity index (χ1) is 6.56. The molecule has 0 radical (unpaired) electrons. The third-order valence-electron chi connectivity index (χ3n) is 1.27. The van der Waals surface area contributed by atoms with Crippen LogP contribution >= 0.6 is 0 Å². The molecule has 0 saturated carbocycles. The minimum atomic E-state index is -0.828. The molecule has 0 saturated heterocycles. The second-order valence-electron chi connectivity index (χ2n) is 2.23. The highest BCUT2D eigenvalue weighted by Gasteiger charge is 2.19. The number of carbonyl (C=O) groups excluding carboxylic acids is 1. The van der Waals surface area contributed by atoms with Gasteiger partial charge in [-0.25, -0.2) is 0 Å². The van der Waals surface area contributed by atoms with Crippen molar-refractivity contribution in [2.75, 3.05) is 0 Å². The van der Waals surface area contributed by atoms with Crippen LogP contribution in [0.1, 0.15) is 6.92 Å². The van der Waals surface area contributed by atoms with E-state index in [1.807, 2.05) is 0 Å². The number of hydrogen-bond acceptors (Lipinski definition) is 7. The predicted molar refractivity (Wildman–Crippen MR) is 42.0 cm³/mol. The van der Waals surface area contributed by atoms with Crippen LogP contribution in [-0.4, -0.2) is 36.5 Å². The van der Waals surface area contributed by atoms with Crippen molar-refractivity contribution < 1.29 is 14.9 Å². The van der Waals surface area contributed by atoms with Crippen LogP contribution < -0.4 is 0 Å². The summed E-state index contributed by atoms with van der Waals surface area (Å²) in [5.74, 6) is -1.70. The maximum atomic E-state index is 10.8. The van der Waals surface area contributed by atoms with E-state index in [0.717, 1.165) is 17.9 Å². The van der Waals surface area contributed by atoms with Gasteiger partial charge in [-0.05, 0) is 4.92 Å². The van der Waals surface area contributed by atoms with Crippen molar-refractivity contribution >= 4 is 17.6 Å². The number of oxime groups is 1. The molecule has 0 amide bonds. The molecule has 1 aromatic heterocycles. The highest BCUT2D eigenvalue weighted by Crippen LogP contribution is 1.99. The van der Waals surface area contributed by atoms with Gasteiger partial charge in [0, 0.05) is 12.0 Å². The second-order valence-corrected chi connectivity index (χ2v) is 2.23. The molecule has 1 rings (SSSR count). The summed E-state index contributed by atoms with van der Waals surface area (Å²) in [7, 11) is 0. The number of nitro groups is 1. The average Bonchev–Trinajstić information content (AvgIpc) is 2.53. The molecule has 9 heteroatoms.